The molecule has 0 aliphatic carbocycles. The smallest absolute Gasteiger partial charge is 0.276 e. The third-order valence-electron chi connectivity index (χ3n) is 3.55. The van der Waals surface area contributed by atoms with Gasteiger partial charge in [-0.2, -0.15) is 0 Å². The normalized spacial score (nSPS) is 10.1. The highest BCUT2D eigenvalue weighted by Gasteiger charge is 2.09. The van der Waals surface area contributed by atoms with Gasteiger partial charge in [0.2, 0.25) is 0 Å². The summed E-state index contributed by atoms with van der Waals surface area (Å²) in [5.74, 6) is 0.434. The molecular weight excluding hydrogens is 372 g/mol. The molecule has 8 heteroatoms. The molecule has 0 unspecified atom stereocenters. The van der Waals surface area contributed by atoms with Crippen LogP contribution in [-0.4, -0.2) is 32.1 Å². The zero-order valence-corrected chi connectivity index (χ0v) is 16.1. The van der Waals surface area contributed by atoms with Gasteiger partial charge in [0.1, 0.15) is 5.75 Å². The molecular formula is C19H21ClN2O5. The number of hydrazine groups is 1. The van der Waals surface area contributed by atoms with Gasteiger partial charge in [0.15, 0.2) is 24.7 Å². The van der Waals surface area contributed by atoms with E-state index in [1.54, 1.807) is 36.4 Å². The molecule has 0 aromatic heterocycles. The number of ether oxygens (including phenoxy) is 3. The minimum absolute atomic E-state index is 0.256. The lowest BCUT2D eigenvalue weighted by Gasteiger charge is -2.12. The Morgan fingerprint density at radius 3 is 2.00 bits per heavy atom. The van der Waals surface area contributed by atoms with Crippen LogP contribution in [0, 0.1) is 13.8 Å². The Balaban J connectivity index is 1.74. The molecule has 2 N–H and O–H groups in total. The van der Waals surface area contributed by atoms with Gasteiger partial charge in [0.25, 0.3) is 11.8 Å². The Morgan fingerprint density at radius 2 is 1.44 bits per heavy atom. The molecule has 2 amide bonds. The Kier molecular flexibility index (Phi) is 7.31. The molecule has 2 aromatic rings. The van der Waals surface area contributed by atoms with Crippen LogP contribution in [0.1, 0.15) is 11.1 Å². The van der Waals surface area contributed by atoms with E-state index in [4.69, 9.17) is 25.8 Å². The highest BCUT2D eigenvalue weighted by Crippen LogP contribution is 2.26. The number of carbonyl (C=O) groups excluding carboxylic acids is 2. The second-order valence-electron chi connectivity index (χ2n) is 5.70. The zero-order valence-electron chi connectivity index (χ0n) is 15.3. The van der Waals surface area contributed by atoms with Crippen LogP contribution in [0.25, 0.3) is 0 Å². The van der Waals surface area contributed by atoms with E-state index in [2.05, 4.69) is 10.9 Å². The summed E-state index contributed by atoms with van der Waals surface area (Å²) in [6.07, 6.45) is 0. The summed E-state index contributed by atoms with van der Waals surface area (Å²) < 4.78 is 15.9. The molecule has 2 rings (SSSR count). The van der Waals surface area contributed by atoms with E-state index >= 15 is 0 Å². The molecule has 0 heterocycles. The van der Waals surface area contributed by atoms with Crippen molar-refractivity contribution < 1.29 is 23.8 Å². The average Bonchev–Trinajstić information content (AvgIpc) is 2.67. The third-order valence-corrected chi connectivity index (χ3v) is 4.15. The Morgan fingerprint density at radius 1 is 0.926 bits per heavy atom. The largest absolute Gasteiger partial charge is 0.493 e. The van der Waals surface area contributed by atoms with Crippen molar-refractivity contribution >= 4 is 23.4 Å². The summed E-state index contributed by atoms with van der Waals surface area (Å²) in [4.78, 5) is 23.6. The molecule has 0 saturated heterocycles. The van der Waals surface area contributed by atoms with Crippen molar-refractivity contribution in [2.75, 3.05) is 20.3 Å². The second kappa shape index (κ2) is 9.68. The van der Waals surface area contributed by atoms with E-state index in [9.17, 15) is 9.59 Å². The number of hydrogen-bond acceptors (Lipinski definition) is 5. The van der Waals surface area contributed by atoms with Crippen molar-refractivity contribution in [3.63, 3.8) is 0 Å². The van der Waals surface area contributed by atoms with Gasteiger partial charge in [-0.3, -0.25) is 20.4 Å². The van der Waals surface area contributed by atoms with Crippen LogP contribution in [0.5, 0.6) is 17.2 Å². The van der Waals surface area contributed by atoms with Crippen LogP contribution in [0.3, 0.4) is 0 Å². The molecule has 0 aliphatic rings. The first-order chi connectivity index (χ1) is 12.9. The van der Waals surface area contributed by atoms with Gasteiger partial charge in [0.05, 0.1) is 7.11 Å². The first-order valence-corrected chi connectivity index (χ1v) is 8.51. The number of amides is 2. The molecule has 0 spiro atoms. The SMILES string of the molecule is COc1ccccc1OCC(=O)NNC(=O)COc1cc(C)c(Cl)c(C)c1. The Hall–Kier alpha value is -2.93. The minimum atomic E-state index is -0.521. The Labute approximate surface area is 162 Å². The van der Waals surface area contributed by atoms with Gasteiger partial charge in [-0.15, -0.1) is 0 Å². The van der Waals surface area contributed by atoms with Crippen LogP contribution < -0.4 is 25.1 Å². The lowest BCUT2D eigenvalue weighted by molar-refractivity contribution is -0.131. The molecule has 0 aliphatic heterocycles. The first kappa shape index (κ1) is 20.4. The number of nitrogens with one attached hydrogen (secondary N) is 2. The first-order valence-electron chi connectivity index (χ1n) is 8.13. The van der Waals surface area contributed by atoms with Crippen LogP contribution in [0.15, 0.2) is 36.4 Å². The maximum atomic E-state index is 11.8. The van der Waals surface area contributed by atoms with Crippen molar-refractivity contribution in [2.45, 2.75) is 13.8 Å². The van der Waals surface area contributed by atoms with Crippen molar-refractivity contribution in [3.8, 4) is 17.2 Å². The monoisotopic (exact) mass is 392 g/mol. The summed E-state index contributed by atoms with van der Waals surface area (Å²) in [6, 6.07) is 10.4. The summed E-state index contributed by atoms with van der Waals surface area (Å²) >= 11 is 6.09. The van der Waals surface area contributed by atoms with E-state index in [1.165, 1.54) is 7.11 Å². The molecule has 0 saturated carbocycles. The summed E-state index contributed by atoms with van der Waals surface area (Å²) in [5, 5.41) is 0.661. The van der Waals surface area contributed by atoms with Crippen LogP contribution in [0.4, 0.5) is 0 Å². The lowest BCUT2D eigenvalue weighted by Crippen LogP contribution is -2.45. The molecule has 0 atom stereocenters. The number of aryl methyl sites for hydroxylation is 2. The van der Waals surface area contributed by atoms with Gasteiger partial charge in [0, 0.05) is 5.02 Å². The standard InChI is InChI=1S/C19H21ClN2O5/c1-12-8-14(9-13(2)19(12)20)26-10-17(23)21-22-18(24)11-27-16-7-5-4-6-15(16)25-3/h4-9H,10-11H2,1-3H3,(H,21,23)(H,22,24). The maximum absolute atomic E-state index is 11.8. The predicted molar refractivity (Wildman–Crippen MR) is 101 cm³/mol. The number of carbonyl (C=O) groups is 2. The van der Waals surface area contributed by atoms with Gasteiger partial charge in [-0.25, -0.2) is 0 Å². The van der Waals surface area contributed by atoms with E-state index in [0.29, 0.717) is 22.3 Å². The molecule has 0 bridgehead atoms. The molecule has 2 aromatic carbocycles. The fourth-order valence-electron chi connectivity index (χ4n) is 2.23. The predicted octanol–water partition coefficient (Wildman–Crippen LogP) is 2.57. The third kappa shape index (κ3) is 6.07. The zero-order chi connectivity index (χ0) is 19.8. The fourth-order valence-corrected chi connectivity index (χ4v) is 2.34. The number of benzene rings is 2. The van der Waals surface area contributed by atoms with Crippen LogP contribution in [0.2, 0.25) is 5.02 Å². The van der Waals surface area contributed by atoms with E-state index in [-0.39, 0.29) is 13.2 Å². The summed E-state index contributed by atoms with van der Waals surface area (Å²) in [7, 11) is 1.51. The Bertz CT molecular complexity index is 802. The summed E-state index contributed by atoms with van der Waals surface area (Å²) in [6.45, 7) is 3.17. The molecule has 0 radical (unpaired) electrons. The maximum Gasteiger partial charge on any atom is 0.276 e. The fraction of sp³-hybridized carbons (Fsp3) is 0.263. The van der Waals surface area contributed by atoms with Gasteiger partial charge >= 0.3 is 0 Å². The number of halogens is 1. The van der Waals surface area contributed by atoms with Crippen molar-refractivity contribution in [1.29, 1.82) is 0 Å². The van der Waals surface area contributed by atoms with Crippen LogP contribution >= 0.6 is 11.6 Å². The van der Waals surface area contributed by atoms with E-state index in [0.717, 1.165) is 11.1 Å². The topological polar surface area (TPSA) is 85.9 Å². The van der Waals surface area contributed by atoms with Crippen LogP contribution in [-0.2, 0) is 9.59 Å². The van der Waals surface area contributed by atoms with Crippen molar-refractivity contribution in [1.82, 2.24) is 10.9 Å². The highest BCUT2D eigenvalue weighted by molar-refractivity contribution is 6.32. The van der Waals surface area contributed by atoms with Crippen molar-refractivity contribution in [2.24, 2.45) is 0 Å². The number of rotatable bonds is 7. The molecule has 27 heavy (non-hydrogen) atoms. The number of hydrogen-bond donors (Lipinski definition) is 2. The molecule has 7 nitrogen and oxygen atoms in total. The average molecular weight is 393 g/mol. The van der Waals surface area contributed by atoms with Gasteiger partial charge in [-0.05, 0) is 49.2 Å². The van der Waals surface area contributed by atoms with E-state index in [1.807, 2.05) is 13.8 Å². The molecule has 144 valence electrons. The van der Waals surface area contributed by atoms with E-state index < -0.39 is 11.8 Å². The number of para-hydroxylation sites is 2. The van der Waals surface area contributed by atoms with Crippen molar-refractivity contribution in [3.05, 3.63) is 52.5 Å². The minimum Gasteiger partial charge on any atom is -0.493 e. The summed E-state index contributed by atoms with van der Waals surface area (Å²) in [5.41, 5.74) is 6.22. The van der Waals surface area contributed by atoms with Gasteiger partial charge in [-0.1, -0.05) is 23.7 Å². The number of methoxy groups -OCH3 is 1. The quantitative estimate of drug-likeness (QED) is 0.707. The molecule has 0 fully saturated rings. The lowest BCUT2D eigenvalue weighted by atomic mass is 10.1. The highest BCUT2D eigenvalue weighted by atomic mass is 35.5. The van der Waals surface area contributed by atoms with Gasteiger partial charge < -0.3 is 14.2 Å². The second-order valence-corrected chi connectivity index (χ2v) is 6.07.